The zero-order valence-corrected chi connectivity index (χ0v) is 11.5. The fraction of sp³-hybridized carbons (Fsp3) is 0.444. The fourth-order valence-electron chi connectivity index (χ4n) is 2.51. The van der Waals surface area contributed by atoms with Crippen molar-refractivity contribution in [2.45, 2.75) is 51.9 Å². The summed E-state index contributed by atoms with van der Waals surface area (Å²) >= 11 is 0. The van der Waals surface area contributed by atoms with Crippen LogP contribution in [-0.4, -0.2) is 0 Å². The predicted octanol–water partition coefficient (Wildman–Crippen LogP) is 5.54. The Balaban J connectivity index is 1.97. The largest absolute Gasteiger partial charge is 0.0995 e. The number of rotatable bonds is 5. The molecule has 0 radical (unpaired) electrons. The first-order valence-electron chi connectivity index (χ1n) is 7.24. The van der Waals surface area contributed by atoms with E-state index in [1.807, 2.05) is 0 Å². The standard InChI is InChI=1S/C18H24/c1-3-4-5-6-16-9-13-18(14-10-16)17-11-7-15(2)8-12-17/h9-11,13-14H,2-8,12H2,1H3. The van der Waals surface area contributed by atoms with Crippen LogP contribution in [0.3, 0.4) is 0 Å². The first kappa shape index (κ1) is 13.1. The highest BCUT2D eigenvalue weighted by molar-refractivity contribution is 5.67. The lowest BCUT2D eigenvalue weighted by molar-refractivity contribution is 0.717. The monoisotopic (exact) mass is 240 g/mol. The molecule has 0 saturated heterocycles. The molecule has 1 aliphatic rings. The SMILES string of the molecule is C=C1CC=C(c2ccc(CCCCC)cc2)CC1. The molecular formula is C18H24. The molecule has 0 fully saturated rings. The van der Waals surface area contributed by atoms with Crippen LogP contribution in [0.1, 0.15) is 56.6 Å². The van der Waals surface area contributed by atoms with Crippen LogP contribution < -0.4 is 0 Å². The van der Waals surface area contributed by atoms with E-state index in [0.29, 0.717) is 0 Å². The van der Waals surface area contributed by atoms with Crippen molar-refractivity contribution in [1.29, 1.82) is 0 Å². The maximum Gasteiger partial charge on any atom is -0.0135 e. The quantitative estimate of drug-likeness (QED) is 0.468. The molecule has 0 unspecified atom stereocenters. The van der Waals surface area contributed by atoms with Crippen LogP contribution in [0.2, 0.25) is 0 Å². The molecule has 18 heavy (non-hydrogen) atoms. The van der Waals surface area contributed by atoms with Crippen molar-refractivity contribution in [3.63, 3.8) is 0 Å². The van der Waals surface area contributed by atoms with Crippen molar-refractivity contribution in [3.8, 4) is 0 Å². The van der Waals surface area contributed by atoms with Gasteiger partial charge in [0.15, 0.2) is 0 Å². The van der Waals surface area contributed by atoms with E-state index in [9.17, 15) is 0 Å². The van der Waals surface area contributed by atoms with Gasteiger partial charge in [0.25, 0.3) is 0 Å². The highest BCUT2D eigenvalue weighted by Gasteiger charge is 2.08. The average Bonchev–Trinajstić information content (AvgIpc) is 2.41. The van der Waals surface area contributed by atoms with Gasteiger partial charge in [-0.25, -0.2) is 0 Å². The Morgan fingerprint density at radius 1 is 1.06 bits per heavy atom. The molecule has 0 nitrogen and oxygen atoms in total. The minimum absolute atomic E-state index is 1.06. The van der Waals surface area contributed by atoms with Crippen LogP contribution in [-0.2, 0) is 6.42 Å². The lowest BCUT2D eigenvalue weighted by atomic mass is 9.90. The van der Waals surface area contributed by atoms with Crippen LogP contribution in [0.25, 0.3) is 5.57 Å². The molecule has 0 heterocycles. The normalized spacial score (nSPS) is 15.6. The molecule has 1 aliphatic carbocycles. The number of hydrogen-bond donors (Lipinski definition) is 0. The van der Waals surface area contributed by atoms with E-state index < -0.39 is 0 Å². The zero-order chi connectivity index (χ0) is 12.8. The third kappa shape index (κ3) is 3.60. The molecule has 0 amide bonds. The van der Waals surface area contributed by atoms with E-state index >= 15 is 0 Å². The van der Waals surface area contributed by atoms with Gasteiger partial charge in [-0.3, -0.25) is 0 Å². The van der Waals surface area contributed by atoms with Crippen molar-refractivity contribution in [2.24, 2.45) is 0 Å². The van der Waals surface area contributed by atoms with Gasteiger partial charge in [0, 0.05) is 0 Å². The first-order chi connectivity index (χ1) is 8.79. The predicted molar refractivity (Wildman–Crippen MR) is 80.6 cm³/mol. The van der Waals surface area contributed by atoms with E-state index in [-0.39, 0.29) is 0 Å². The van der Waals surface area contributed by atoms with Gasteiger partial charge in [-0.1, -0.05) is 62.3 Å². The van der Waals surface area contributed by atoms with Gasteiger partial charge >= 0.3 is 0 Å². The summed E-state index contributed by atoms with van der Waals surface area (Å²) in [5.74, 6) is 0. The molecule has 0 bridgehead atoms. The van der Waals surface area contributed by atoms with E-state index in [1.54, 1.807) is 0 Å². The van der Waals surface area contributed by atoms with Crippen LogP contribution >= 0.6 is 0 Å². The Labute approximate surface area is 111 Å². The summed E-state index contributed by atoms with van der Waals surface area (Å²) in [6, 6.07) is 9.19. The number of unbranched alkanes of at least 4 members (excludes halogenated alkanes) is 2. The molecule has 0 heteroatoms. The second-order valence-corrected chi connectivity index (χ2v) is 5.34. The summed E-state index contributed by atoms with van der Waals surface area (Å²) in [5, 5.41) is 0. The maximum atomic E-state index is 4.05. The molecule has 0 spiro atoms. The lowest BCUT2D eigenvalue weighted by Gasteiger charge is -2.15. The average molecular weight is 240 g/mol. The molecule has 2 rings (SSSR count). The summed E-state index contributed by atoms with van der Waals surface area (Å²) in [6.45, 7) is 6.31. The van der Waals surface area contributed by atoms with E-state index in [2.05, 4.69) is 43.8 Å². The molecule has 0 aliphatic heterocycles. The second-order valence-electron chi connectivity index (χ2n) is 5.34. The number of allylic oxidation sites excluding steroid dienone is 3. The molecule has 0 saturated carbocycles. The summed E-state index contributed by atoms with van der Waals surface area (Å²) in [6.07, 6.45) is 10.9. The van der Waals surface area contributed by atoms with Gasteiger partial charge in [-0.05, 0) is 48.8 Å². The summed E-state index contributed by atoms with van der Waals surface area (Å²) < 4.78 is 0. The fourth-order valence-corrected chi connectivity index (χ4v) is 2.51. The van der Waals surface area contributed by atoms with Gasteiger partial charge < -0.3 is 0 Å². The van der Waals surface area contributed by atoms with Gasteiger partial charge in [-0.15, -0.1) is 0 Å². The van der Waals surface area contributed by atoms with Crippen LogP contribution in [0.4, 0.5) is 0 Å². The molecule has 1 aromatic rings. The third-order valence-corrected chi connectivity index (χ3v) is 3.78. The van der Waals surface area contributed by atoms with Gasteiger partial charge in [0.1, 0.15) is 0 Å². The van der Waals surface area contributed by atoms with Gasteiger partial charge in [-0.2, -0.15) is 0 Å². The highest BCUT2D eigenvalue weighted by atomic mass is 14.1. The van der Waals surface area contributed by atoms with Crippen molar-refractivity contribution in [1.82, 2.24) is 0 Å². The Bertz CT molecular complexity index is 420. The Morgan fingerprint density at radius 2 is 1.83 bits per heavy atom. The molecule has 0 N–H and O–H groups in total. The van der Waals surface area contributed by atoms with Crippen molar-refractivity contribution >= 4 is 5.57 Å². The Morgan fingerprint density at radius 3 is 2.44 bits per heavy atom. The van der Waals surface area contributed by atoms with Gasteiger partial charge in [0.2, 0.25) is 0 Å². The Kier molecular flexibility index (Phi) is 4.81. The number of benzene rings is 1. The summed E-state index contributed by atoms with van der Waals surface area (Å²) in [7, 11) is 0. The first-order valence-corrected chi connectivity index (χ1v) is 7.24. The van der Waals surface area contributed by atoms with Crippen molar-refractivity contribution in [2.75, 3.05) is 0 Å². The number of aryl methyl sites for hydroxylation is 1. The van der Waals surface area contributed by atoms with Crippen molar-refractivity contribution in [3.05, 3.63) is 53.6 Å². The van der Waals surface area contributed by atoms with E-state index in [4.69, 9.17) is 0 Å². The van der Waals surface area contributed by atoms with Crippen LogP contribution in [0, 0.1) is 0 Å². The maximum absolute atomic E-state index is 4.05. The molecule has 0 atom stereocenters. The summed E-state index contributed by atoms with van der Waals surface area (Å²) in [4.78, 5) is 0. The number of hydrogen-bond acceptors (Lipinski definition) is 0. The molecular weight excluding hydrogens is 216 g/mol. The highest BCUT2D eigenvalue weighted by Crippen LogP contribution is 2.29. The van der Waals surface area contributed by atoms with Crippen LogP contribution in [0.5, 0.6) is 0 Å². The van der Waals surface area contributed by atoms with E-state index in [0.717, 1.165) is 19.3 Å². The Hall–Kier alpha value is -1.30. The topological polar surface area (TPSA) is 0 Å². The second kappa shape index (κ2) is 6.58. The summed E-state index contributed by atoms with van der Waals surface area (Å²) in [5.41, 5.74) is 5.76. The minimum Gasteiger partial charge on any atom is -0.0995 e. The molecule has 1 aromatic carbocycles. The minimum atomic E-state index is 1.06. The van der Waals surface area contributed by atoms with Crippen molar-refractivity contribution < 1.29 is 0 Å². The smallest absolute Gasteiger partial charge is 0.0135 e. The van der Waals surface area contributed by atoms with E-state index in [1.165, 1.54) is 48.0 Å². The van der Waals surface area contributed by atoms with Crippen LogP contribution in [0.15, 0.2) is 42.5 Å². The van der Waals surface area contributed by atoms with Gasteiger partial charge in [0.05, 0.1) is 0 Å². The molecule has 96 valence electrons. The zero-order valence-electron chi connectivity index (χ0n) is 11.5. The molecule has 0 aromatic heterocycles. The third-order valence-electron chi connectivity index (χ3n) is 3.78. The lowest BCUT2D eigenvalue weighted by Crippen LogP contribution is -1.94.